The molecule has 0 aliphatic carbocycles. The summed E-state index contributed by atoms with van der Waals surface area (Å²) in [4.78, 5) is 24.9. The number of amides is 2. The Bertz CT molecular complexity index is 329. The van der Waals surface area contributed by atoms with Crippen LogP contribution in [0, 0.1) is 5.92 Å². The van der Waals surface area contributed by atoms with Crippen molar-refractivity contribution in [3.05, 3.63) is 12.7 Å². The zero-order valence-electron chi connectivity index (χ0n) is 11.9. The topological polar surface area (TPSA) is 58.6 Å². The molecule has 1 unspecified atom stereocenters. The number of hydrogen-bond acceptors (Lipinski definition) is 3. The summed E-state index contributed by atoms with van der Waals surface area (Å²) in [5.41, 5.74) is 0. The summed E-state index contributed by atoms with van der Waals surface area (Å²) in [6.45, 7) is 10.0. The van der Waals surface area contributed by atoms with Gasteiger partial charge in [-0.05, 0) is 18.4 Å². The van der Waals surface area contributed by atoms with E-state index in [2.05, 4.69) is 25.7 Å². The van der Waals surface area contributed by atoms with Crippen LogP contribution >= 0.6 is 0 Å². The van der Waals surface area contributed by atoms with Crippen LogP contribution in [0.3, 0.4) is 0 Å². The van der Waals surface area contributed by atoms with E-state index in [1.54, 1.807) is 0 Å². The number of nitrogens with one attached hydrogen (secondary N) is 1. The molecule has 1 atom stereocenters. The van der Waals surface area contributed by atoms with Crippen molar-refractivity contribution in [1.82, 2.24) is 10.2 Å². The molecule has 1 rings (SSSR count). The standard InChI is InChI=1S/C14H24N2O3/c1-4-13(17)15-7-6-14(18)16-8-5-9-19-12(10-16)11(2)3/h4,11-12H,1,5-10H2,2-3H3,(H,15,17). The second kappa shape index (κ2) is 7.94. The predicted octanol–water partition coefficient (Wildman–Crippen LogP) is 0.952. The van der Waals surface area contributed by atoms with Gasteiger partial charge in [-0.3, -0.25) is 9.59 Å². The molecule has 1 N–H and O–H groups in total. The van der Waals surface area contributed by atoms with Gasteiger partial charge in [0.2, 0.25) is 11.8 Å². The molecule has 108 valence electrons. The molecule has 2 amide bonds. The van der Waals surface area contributed by atoms with Gasteiger partial charge in [0.05, 0.1) is 6.10 Å². The maximum Gasteiger partial charge on any atom is 0.243 e. The molecule has 5 nitrogen and oxygen atoms in total. The molecule has 1 fully saturated rings. The lowest BCUT2D eigenvalue weighted by Gasteiger charge is -2.26. The van der Waals surface area contributed by atoms with Crippen molar-refractivity contribution < 1.29 is 14.3 Å². The molecule has 0 bridgehead atoms. The smallest absolute Gasteiger partial charge is 0.243 e. The van der Waals surface area contributed by atoms with Crippen LogP contribution in [0.1, 0.15) is 26.7 Å². The highest BCUT2D eigenvalue weighted by molar-refractivity contribution is 5.87. The average Bonchev–Trinajstić information content (AvgIpc) is 2.64. The molecule has 1 saturated heterocycles. The van der Waals surface area contributed by atoms with Gasteiger partial charge in [-0.15, -0.1) is 0 Å². The van der Waals surface area contributed by atoms with Gasteiger partial charge in [-0.25, -0.2) is 0 Å². The summed E-state index contributed by atoms with van der Waals surface area (Å²) in [5.74, 6) is 0.224. The maximum atomic E-state index is 12.1. The number of carbonyl (C=O) groups is 2. The number of carbonyl (C=O) groups excluding carboxylic acids is 2. The number of rotatable bonds is 5. The first-order chi connectivity index (χ1) is 9.04. The fraction of sp³-hybridized carbons (Fsp3) is 0.714. The molecular formula is C14H24N2O3. The Balaban J connectivity index is 2.41. The van der Waals surface area contributed by atoms with E-state index in [0.717, 1.165) is 13.0 Å². The Labute approximate surface area is 115 Å². The number of nitrogens with zero attached hydrogens (tertiary/aromatic N) is 1. The first-order valence-electron chi connectivity index (χ1n) is 6.84. The third-order valence-electron chi connectivity index (χ3n) is 3.22. The van der Waals surface area contributed by atoms with E-state index in [-0.39, 0.29) is 17.9 Å². The van der Waals surface area contributed by atoms with Crippen LogP contribution in [0.4, 0.5) is 0 Å². The van der Waals surface area contributed by atoms with Gasteiger partial charge in [-0.1, -0.05) is 20.4 Å². The van der Waals surface area contributed by atoms with Crippen LogP contribution in [0.2, 0.25) is 0 Å². The molecule has 0 spiro atoms. The molecule has 1 aliphatic heterocycles. The minimum atomic E-state index is -0.243. The average molecular weight is 268 g/mol. The fourth-order valence-electron chi connectivity index (χ4n) is 2.00. The zero-order chi connectivity index (χ0) is 14.3. The van der Waals surface area contributed by atoms with E-state index in [9.17, 15) is 9.59 Å². The van der Waals surface area contributed by atoms with Crippen LogP contribution < -0.4 is 5.32 Å². The summed E-state index contributed by atoms with van der Waals surface area (Å²) in [7, 11) is 0. The Kier molecular flexibility index (Phi) is 6.56. The van der Waals surface area contributed by atoms with E-state index in [1.165, 1.54) is 6.08 Å². The summed E-state index contributed by atoms with van der Waals surface area (Å²) >= 11 is 0. The van der Waals surface area contributed by atoms with Crippen LogP contribution in [-0.2, 0) is 14.3 Å². The summed E-state index contributed by atoms with van der Waals surface area (Å²) in [6.07, 6.45) is 2.51. The van der Waals surface area contributed by atoms with Crippen molar-refractivity contribution >= 4 is 11.8 Å². The minimum Gasteiger partial charge on any atom is -0.376 e. The normalized spacial score (nSPS) is 19.9. The lowest BCUT2D eigenvalue weighted by molar-refractivity contribution is -0.132. The molecule has 5 heteroatoms. The van der Waals surface area contributed by atoms with Crippen LogP contribution in [0.25, 0.3) is 0 Å². The van der Waals surface area contributed by atoms with E-state index in [0.29, 0.717) is 32.0 Å². The van der Waals surface area contributed by atoms with Gasteiger partial charge in [0, 0.05) is 32.7 Å². The SMILES string of the molecule is C=CC(=O)NCCC(=O)N1CCCOC(C(C)C)C1. The third kappa shape index (κ3) is 5.42. The lowest BCUT2D eigenvalue weighted by atomic mass is 10.1. The van der Waals surface area contributed by atoms with Gasteiger partial charge in [0.1, 0.15) is 0 Å². The Morgan fingerprint density at radius 2 is 2.26 bits per heavy atom. The number of hydrogen-bond donors (Lipinski definition) is 1. The van der Waals surface area contributed by atoms with E-state index in [4.69, 9.17) is 4.74 Å². The zero-order valence-corrected chi connectivity index (χ0v) is 11.9. The van der Waals surface area contributed by atoms with E-state index < -0.39 is 0 Å². The van der Waals surface area contributed by atoms with Gasteiger partial charge in [0.15, 0.2) is 0 Å². The van der Waals surface area contributed by atoms with Crippen molar-refractivity contribution in [2.45, 2.75) is 32.8 Å². The number of ether oxygens (including phenoxy) is 1. The maximum absolute atomic E-state index is 12.1. The fourth-order valence-corrected chi connectivity index (χ4v) is 2.00. The van der Waals surface area contributed by atoms with Crippen molar-refractivity contribution in [2.24, 2.45) is 5.92 Å². The van der Waals surface area contributed by atoms with Crippen molar-refractivity contribution in [1.29, 1.82) is 0 Å². The van der Waals surface area contributed by atoms with Crippen LogP contribution in [-0.4, -0.2) is 49.1 Å². The molecule has 0 aromatic heterocycles. The molecule has 1 aliphatic rings. The summed E-state index contributed by atoms with van der Waals surface area (Å²) in [6, 6.07) is 0. The Hall–Kier alpha value is -1.36. The van der Waals surface area contributed by atoms with Gasteiger partial charge in [0.25, 0.3) is 0 Å². The first kappa shape index (κ1) is 15.7. The lowest BCUT2D eigenvalue weighted by Crippen LogP contribution is -2.40. The molecule has 0 aromatic rings. The minimum absolute atomic E-state index is 0.0699. The predicted molar refractivity (Wildman–Crippen MR) is 73.6 cm³/mol. The van der Waals surface area contributed by atoms with E-state index >= 15 is 0 Å². The quantitative estimate of drug-likeness (QED) is 0.755. The molecule has 0 aromatic carbocycles. The largest absolute Gasteiger partial charge is 0.376 e. The van der Waals surface area contributed by atoms with Crippen molar-refractivity contribution in [2.75, 3.05) is 26.2 Å². The molecule has 0 radical (unpaired) electrons. The molecule has 1 heterocycles. The summed E-state index contributed by atoms with van der Waals surface area (Å²) in [5, 5.41) is 2.62. The molecular weight excluding hydrogens is 244 g/mol. The highest BCUT2D eigenvalue weighted by Crippen LogP contribution is 2.14. The second-order valence-electron chi connectivity index (χ2n) is 5.09. The molecule has 0 saturated carbocycles. The van der Waals surface area contributed by atoms with E-state index in [1.807, 2.05) is 4.90 Å². The van der Waals surface area contributed by atoms with Crippen molar-refractivity contribution in [3.63, 3.8) is 0 Å². The second-order valence-corrected chi connectivity index (χ2v) is 5.09. The van der Waals surface area contributed by atoms with Gasteiger partial charge >= 0.3 is 0 Å². The molecule has 19 heavy (non-hydrogen) atoms. The highest BCUT2D eigenvalue weighted by Gasteiger charge is 2.24. The Morgan fingerprint density at radius 3 is 2.89 bits per heavy atom. The van der Waals surface area contributed by atoms with Crippen molar-refractivity contribution in [3.8, 4) is 0 Å². The Morgan fingerprint density at radius 1 is 1.53 bits per heavy atom. The van der Waals surface area contributed by atoms with Crippen LogP contribution in [0.5, 0.6) is 0 Å². The monoisotopic (exact) mass is 268 g/mol. The third-order valence-corrected chi connectivity index (χ3v) is 3.22. The van der Waals surface area contributed by atoms with Gasteiger partial charge in [-0.2, -0.15) is 0 Å². The van der Waals surface area contributed by atoms with Gasteiger partial charge < -0.3 is 15.0 Å². The van der Waals surface area contributed by atoms with Crippen LogP contribution in [0.15, 0.2) is 12.7 Å². The highest BCUT2D eigenvalue weighted by atomic mass is 16.5. The first-order valence-corrected chi connectivity index (χ1v) is 6.84. The summed E-state index contributed by atoms with van der Waals surface area (Å²) < 4.78 is 5.73.